The summed E-state index contributed by atoms with van der Waals surface area (Å²) in [6.07, 6.45) is 6.56. The van der Waals surface area contributed by atoms with Crippen molar-refractivity contribution < 1.29 is 19.7 Å². The molecule has 4 atom stereocenters. The van der Waals surface area contributed by atoms with E-state index in [4.69, 9.17) is 21.4 Å². The van der Waals surface area contributed by atoms with Gasteiger partial charge < -0.3 is 14.9 Å². The van der Waals surface area contributed by atoms with Crippen molar-refractivity contribution >= 4 is 17.6 Å². The van der Waals surface area contributed by atoms with Crippen molar-refractivity contribution in [3.8, 4) is 5.75 Å². The van der Waals surface area contributed by atoms with Crippen LogP contribution in [0.2, 0.25) is 0 Å². The molecule has 0 saturated heterocycles. The molecular weight excluding hydrogens is 340 g/mol. The van der Waals surface area contributed by atoms with Crippen LogP contribution in [0.5, 0.6) is 5.75 Å². The van der Waals surface area contributed by atoms with Gasteiger partial charge in [-0.15, -0.1) is 11.6 Å². The average Bonchev–Trinajstić information content (AvgIpc) is 2.82. The maximum atomic E-state index is 10.5. The number of rotatable bonds is 9. The number of ether oxygens (including phenoxy) is 1. The molecule has 0 amide bonds. The number of allylic oxidation sites excluding steroid dienone is 2. The zero-order valence-electron chi connectivity index (χ0n) is 14.6. The van der Waals surface area contributed by atoms with Gasteiger partial charge in [0.05, 0.1) is 12.7 Å². The van der Waals surface area contributed by atoms with E-state index in [-0.39, 0.29) is 23.6 Å². The summed E-state index contributed by atoms with van der Waals surface area (Å²) in [6.45, 7) is 2.47. The molecule has 138 valence electrons. The molecule has 1 aromatic carbocycles. The van der Waals surface area contributed by atoms with Crippen LogP contribution in [-0.2, 0) is 4.79 Å². The summed E-state index contributed by atoms with van der Waals surface area (Å²) in [5, 5.41) is 18.9. The van der Waals surface area contributed by atoms with Crippen LogP contribution >= 0.6 is 11.6 Å². The fraction of sp³-hybridized carbons (Fsp3) is 0.550. The number of hydrogen-bond acceptors (Lipinski definition) is 3. The van der Waals surface area contributed by atoms with E-state index in [9.17, 15) is 9.90 Å². The fourth-order valence-corrected chi connectivity index (χ4v) is 3.80. The Bertz CT molecular complexity index is 587. The lowest BCUT2D eigenvalue weighted by molar-refractivity contribution is -0.137. The summed E-state index contributed by atoms with van der Waals surface area (Å²) < 4.78 is 5.88. The molecule has 4 nitrogen and oxygen atoms in total. The molecule has 1 fully saturated rings. The van der Waals surface area contributed by atoms with Gasteiger partial charge in [-0.2, -0.15) is 0 Å². The first-order valence-electron chi connectivity index (χ1n) is 8.85. The Morgan fingerprint density at radius 1 is 1.36 bits per heavy atom. The number of alkyl halides is 1. The zero-order valence-corrected chi connectivity index (χ0v) is 15.4. The number of unbranched alkanes of at least 4 members (excludes halogenated alkanes) is 1. The van der Waals surface area contributed by atoms with E-state index in [0.717, 1.165) is 24.2 Å². The Morgan fingerprint density at radius 3 is 2.88 bits per heavy atom. The van der Waals surface area contributed by atoms with E-state index in [1.54, 1.807) is 0 Å². The van der Waals surface area contributed by atoms with Crippen LogP contribution in [0.4, 0.5) is 0 Å². The van der Waals surface area contributed by atoms with E-state index in [1.165, 1.54) is 0 Å². The normalized spacial score (nSPS) is 26.2. The van der Waals surface area contributed by atoms with Gasteiger partial charge in [-0.3, -0.25) is 4.79 Å². The minimum Gasteiger partial charge on any atom is -0.493 e. The number of halogens is 1. The quantitative estimate of drug-likeness (QED) is 0.391. The molecule has 0 unspecified atom stereocenters. The first kappa shape index (κ1) is 19.8. The van der Waals surface area contributed by atoms with Crippen LogP contribution in [0.1, 0.15) is 37.7 Å². The predicted molar refractivity (Wildman–Crippen MR) is 99.2 cm³/mol. The van der Waals surface area contributed by atoms with Gasteiger partial charge in [0, 0.05) is 17.7 Å². The smallest absolute Gasteiger partial charge is 0.303 e. The van der Waals surface area contributed by atoms with Crippen molar-refractivity contribution in [2.24, 2.45) is 11.8 Å². The number of aryl methyl sites for hydroxylation is 1. The van der Waals surface area contributed by atoms with Gasteiger partial charge in [0.2, 0.25) is 0 Å². The van der Waals surface area contributed by atoms with E-state index < -0.39 is 12.1 Å². The molecule has 25 heavy (non-hydrogen) atoms. The maximum absolute atomic E-state index is 10.5. The largest absolute Gasteiger partial charge is 0.493 e. The zero-order chi connectivity index (χ0) is 18.2. The number of carbonyl (C=O) groups is 1. The lowest BCUT2D eigenvalue weighted by atomic mass is 9.92. The molecule has 0 bridgehead atoms. The topological polar surface area (TPSA) is 66.8 Å². The van der Waals surface area contributed by atoms with Crippen LogP contribution < -0.4 is 4.74 Å². The molecule has 0 aromatic heterocycles. The number of aliphatic hydroxyl groups is 1. The minimum absolute atomic E-state index is 0.00619. The van der Waals surface area contributed by atoms with Gasteiger partial charge in [0.25, 0.3) is 0 Å². The molecule has 5 heteroatoms. The molecule has 2 N–H and O–H groups in total. The number of hydrogen-bond donors (Lipinski definition) is 2. The van der Waals surface area contributed by atoms with Gasteiger partial charge in [-0.25, -0.2) is 0 Å². The molecule has 1 aliphatic rings. The maximum Gasteiger partial charge on any atom is 0.303 e. The number of aliphatic hydroxyl groups excluding tert-OH is 1. The van der Waals surface area contributed by atoms with Gasteiger partial charge in [-0.1, -0.05) is 24.3 Å². The van der Waals surface area contributed by atoms with Gasteiger partial charge in [-0.05, 0) is 56.2 Å². The first-order chi connectivity index (χ1) is 12.0. The lowest BCUT2D eigenvalue weighted by Crippen LogP contribution is -2.27. The van der Waals surface area contributed by atoms with Crippen molar-refractivity contribution in [2.75, 3.05) is 6.61 Å². The van der Waals surface area contributed by atoms with Crippen molar-refractivity contribution in [3.05, 3.63) is 42.0 Å². The highest BCUT2D eigenvalue weighted by Gasteiger charge is 2.41. The Kier molecular flexibility index (Phi) is 7.79. The predicted octanol–water partition coefficient (Wildman–Crippen LogP) is 4.18. The minimum atomic E-state index is -0.763. The summed E-state index contributed by atoms with van der Waals surface area (Å²) in [6, 6.07) is 7.88. The Morgan fingerprint density at radius 2 is 2.16 bits per heavy atom. The van der Waals surface area contributed by atoms with Crippen LogP contribution in [-0.4, -0.2) is 34.3 Å². The highest BCUT2D eigenvalue weighted by molar-refractivity contribution is 6.21. The standard InChI is InChI=1S/C20H27ClO4/c1-14-7-6-8-15(11-14)25-13-17-16(18(21)12-19(17)22)9-4-2-3-5-10-20(23)24/h2,4,6-8,11,16-19,22H,3,5,9-10,12-13H2,1H3,(H,23,24)/b4-2-/t16-,17-,18-,19-/m1/s1. The molecule has 0 aliphatic heterocycles. The SMILES string of the molecule is Cc1cccc(OC[C@@H]2[C@@H](C/C=C\CCCC(=O)O)[C@H](Cl)C[C@H]2O)c1. The van der Waals surface area contributed by atoms with Crippen molar-refractivity contribution in [1.82, 2.24) is 0 Å². The number of carboxylic acid groups (broad SMARTS) is 1. The second kappa shape index (κ2) is 9.83. The van der Waals surface area contributed by atoms with E-state index in [0.29, 0.717) is 19.4 Å². The van der Waals surface area contributed by atoms with Crippen molar-refractivity contribution in [1.29, 1.82) is 0 Å². The highest BCUT2D eigenvalue weighted by atomic mass is 35.5. The molecule has 1 aromatic rings. The first-order valence-corrected chi connectivity index (χ1v) is 9.29. The van der Waals surface area contributed by atoms with Crippen LogP contribution in [0.3, 0.4) is 0 Å². The van der Waals surface area contributed by atoms with Crippen LogP contribution in [0, 0.1) is 18.8 Å². The van der Waals surface area contributed by atoms with Crippen LogP contribution in [0.15, 0.2) is 36.4 Å². The third-order valence-electron chi connectivity index (χ3n) is 4.74. The number of aliphatic carboxylic acids is 1. The van der Waals surface area contributed by atoms with E-state index in [1.807, 2.05) is 37.3 Å². The fourth-order valence-electron chi connectivity index (χ4n) is 3.33. The number of carboxylic acids is 1. The summed E-state index contributed by atoms with van der Waals surface area (Å²) >= 11 is 6.43. The van der Waals surface area contributed by atoms with Crippen LogP contribution in [0.25, 0.3) is 0 Å². The van der Waals surface area contributed by atoms with Gasteiger partial charge >= 0.3 is 5.97 Å². The van der Waals surface area contributed by atoms with E-state index in [2.05, 4.69) is 6.08 Å². The second-order valence-corrected chi connectivity index (χ2v) is 7.33. The molecule has 2 rings (SSSR count). The monoisotopic (exact) mass is 366 g/mol. The average molecular weight is 367 g/mol. The summed E-state index contributed by atoms with van der Waals surface area (Å²) in [5.41, 5.74) is 1.14. The Labute approximate surface area is 154 Å². The molecule has 1 saturated carbocycles. The summed E-state index contributed by atoms with van der Waals surface area (Å²) in [4.78, 5) is 10.5. The molecule has 0 heterocycles. The second-order valence-electron chi connectivity index (χ2n) is 6.77. The van der Waals surface area contributed by atoms with Crippen molar-refractivity contribution in [2.45, 2.75) is 50.5 Å². The van der Waals surface area contributed by atoms with Crippen molar-refractivity contribution in [3.63, 3.8) is 0 Å². The third-order valence-corrected chi connectivity index (χ3v) is 5.25. The Balaban J connectivity index is 1.84. The molecule has 1 aliphatic carbocycles. The molecule has 0 spiro atoms. The molecule has 0 radical (unpaired) electrons. The number of benzene rings is 1. The summed E-state index contributed by atoms with van der Waals surface area (Å²) in [7, 11) is 0. The van der Waals surface area contributed by atoms with E-state index >= 15 is 0 Å². The highest BCUT2D eigenvalue weighted by Crippen LogP contribution is 2.39. The van der Waals surface area contributed by atoms with Gasteiger partial charge in [0.1, 0.15) is 5.75 Å². The lowest BCUT2D eigenvalue weighted by Gasteiger charge is -2.22. The van der Waals surface area contributed by atoms with Gasteiger partial charge in [0.15, 0.2) is 0 Å². The molecular formula is C20H27ClO4. The Hall–Kier alpha value is -1.52. The summed E-state index contributed by atoms with van der Waals surface area (Å²) in [5.74, 6) is 0.221. The third kappa shape index (κ3) is 6.37.